The first-order chi connectivity index (χ1) is 16.1. The molecule has 1 aliphatic rings. The molecule has 0 saturated heterocycles. The number of hydrogen-bond donors (Lipinski definition) is 6. The normalized spacial score (nSPS) is 16.2. The van der Waals surface area contributed by atoms with Crippen LogP contribution in [0.3, 0.4) is 0 Å². The first-order valence-corrected chi connectivity index (χ1v) is 11.0. The molecule has 0 spiro atoms. The Morgan fingerprint density at radius 1 is 1.08 bits per heavy atom. The Hall–Kier alpha value is -2.92. The standard InChI is InChI=1S/C24H30N6O4.3ClH/c1-14(2)20(28-13-19(31)32)22(33)30-24(9-17-7-8-27-12-18(17)10-24)23(34)29-11-15-3-5-16(6-4-15)21(25)26;;;/h3-8,12,14,20,28H,9-11,13H2,1-2H3,(H3,25,26)(H,29,34)(H,30,33)(H,31,32);3*1H/t20-,24?;;;/m1.../s1. The minimum Gasteiger partial charge on any atom is -0.480 e. The van der Waals surface area contributed by atoms with Crippen LogP contribution in [-0.4, -0.2) is 51.8 Å². The summed E-state index contributed by atoms with van der Waals surface area (Å²) >= 11 is 0. The average molecular weight is 576 g/mol. The minimum atomic E-state index is -1.22. The summed E-state index contributed by atoms with van der Waals surface area (Å²) in [5.41, 5.74) is 7.48. The number of nitrogens with two attached hydrogens (primary N) is 1. The molecule has 1 heterocycles. The van der Waals surface area contributed by atoms with Crippen molar-refractivity contribution in [1.82, 2.24) is 20.9 Å². The highest BCUT2D eigenvalue weighted by molar-refractivity contribution is 5.95. The highest BCUT2D eigenvalue weighted by atomic mass is 35.5. The number of aliphatic carboxylic acids is 1. The van der Waals surface area contributed by atoms with Crippen molar-refractivity contribution in [3.8, 4) is 0 Å². The van der Waals surface area contributed by atoms with Gasteiger partial charge in [0.15, 0.2) is 0 Å². The van der Waals surface area contributed by atoms with Crippen molar-refractivity contribution in [3.63, 3.8) is 0 Å². The first kappa shape index (κ1) is 34.1. The number of rotatable bonds is 10. The predicted molar refractivity (Wildman–Crippen MR) is 148 cm³/mol. The Bertz CT molecular complexity index is 1070. The zero-order chi connectivity index (χ0) is 24.9. The van der Waals surface area contributed by atoms with Crippen molar-refractivity contribution < 1.29 is 19.5 Å². The van der Waals surface area contributed by atoms with Crippen molar-refractivity contribution in [2.24, 2.45) is 11.7 Å². The molecule has 0 fully saturated rings. The van der Waals surface area contributed by atoms with Crippen molar-refractivity contribution in [2.75, 3.05) is 6.54 Å². The number of pyridine rings is 1. The van der Waals surface area contributed by atoms with Gasteiger partial charge in [0.2, 0.25) is 11.8 Å². The van der Waals surface area contributed by atoms with Crippen LogP contribution < -0.4 is 21.7 Å². The maximum Gasteiger partial charge on any atom is 0.317 e. The third-order valence-corrected chi connectivity index (χ3v) is 5.93. The fourth-order valence-electron chi connectivity index (χ4n) is 4.10. The van der Waals surface area contributed by atoms with Gasteiger partial charge in [0.25, 0.3) is 0 Å². The van der Waals surface area contributed by atoms with Crippen LogP contribution in [0.5, 0.6) is 0 Å². The van der Waals surface area contributed by atoms with Gasteiger partial charge in [0.1, 0.15) is 11.4 Å². The van der Waals surface area contributed by atoms with Gasteiger partial charge in [-0.25, -0.2) is 0 Å². The fraction of sp³-hybridized carbons (Fsp3) is 0.375. The topological polar surface area (TPSA) is 170 Å². The molecule has 1 unspecified atom stereocenters. The van der Waals surface area contributed by atoms with Gasteiger partial charge in [-0.1, -0.05) is 38.1 Å². The number of carbonyl (C=O) groups is 3. The summed E-state index contributed by atoms with van der Waals surface area (Å²) in [5.74, 6) is -2.07. The number of carboxylic acid groups (broad SMARTS) is 1. The lowest BCUT2D eigenvalue weighted by Crippen LogP contribution is -2.63. The number of nitrogen functional groups attached to an aromatic ring is 1. The number of aromatic nitrogens is 1. The van der Waals surface area contributed by atoms with E-state index in [1.807, 2.05) is 19.9 Å². The number of nitrogens with zero attached hydrogens (tertiary/aromatic N) is 1. The molecule has 7 N–H and O–H groups in total. The van der Waals surface area contributed by atoms with Crippen molar-refractivity contribution >= 4 is 60.8 Å². The molecule has 0 aliphatic heterocycles. The van der Waals surface area contributed by atoms with Crippen molar-refractivity contribution in [2.45, 2.75) is 44.8 Å². The zero-order valence-electron chi connectivity index (χ0n) is 20.4. The van der Waals surface area contributed by atoms with Crippen LogP contribution in [0.1, 0.15) is 36.1 Å². The highest BCUT2D eigenvalue weighted by Crippen LogP contribution is 2.30. The summed E-state index contributed by atoms with van der Waals surface area (Å²) in [6, 6.07) is 8.03. The molecule has 0 bridgehead atoms. The molecule has 3 rings (SSSR count). The molecular weight excluding hydrogens is 543 g/mol. The SMILES string of the molecule is CC(C)[C@@H](NCC(=O)O)C(=O)NC1(C(=O)NCc2ccc(C(=N)N)cc2)Cc2ccncc2C1.Cl.Cl.Cl. The van der Waals surface area contributed by atoms with E-state index in [1.54, 1.807) is 36.7 Å². The lowest BCUT2D eigenvalue weighted by Gasteiger charge is -2.32. The Morgan fingerprint density at radius 2 is 1.70 bits per heavy atom. The Morgan fingerprint density at radius 3 is 2.24 bits per heavy atom. The van der Waals surface area contributed by atoms with Crippen LogP contribution in [0.15, 0.2) is 42.7 Å². The zero-order valence-corrected chi connectivity index (χ0v) is 22.9. The number of carboxylic acids is 1. The van der Waals surface area contributed by atoms with E-state index in [4.69, 9.17) is 16.2 Å². The van der Waals surface area contributed by atoms with Gasteiger partial charge in [-0.3, -0.25) is 30.1 Å². The molecule has 2 aromatic rings. The van der Waals surface area contributed by atoms with E-state index in [1.165, 1.54) is 0 Å². The predicted octanol–water partition coefficient (Wildman–Crippen LogP) is 1.60. The van der Waals surface area contributed by atoms with Gasteiger partial charge in [-0.05, 0) is 28.7 Å². The molecule has 1 aromatic heterocycles. The van der Waals surface area contributed by atoms with Crippen LogP contribution in [0.4, 0.5) is 0 Å². The van der Waals surface area contributed by atoms with Crippen LogP contribution in [-0.2, 0) is 33.8 Å². The summed E-state index contributed by atoms with van der Waals surface area (Å²) in [6.07, 6.45) is 3.92. The Balaban J connectivity index is 0.00000432. The number of amidine groups is 1. The minimum absolute atomic E-state index is 0. The number of halogens is 3. The average Bonchev–Trinajstić information content (AvgIpc) is 3.16. The van der Waals surface area contributed by atoms with Gasteiger partial charge in [-0.2, -0.15) is 0 Å². The van der Waals surface area contributed by atoms with E-state index in [9.17, 15) is 14.4 Å². The molecule has 10 nitrogen and oxygen atoms in total. The molecule has 0 radical (unpaired) electrons. The lowest BCUT2D eigenvalue weighted by molar-refractivity contribution is -0.137. The van der Waals surface area contributed by atoms with Crippen molar-refractivity contribution in [1.29, 1.82) is 5.41 Å². The largest absolute Gasteiger partial charge is 0.480 e. The molecule has 1 aromatic carbocycles. The molecule has 2 atom stereocenters. The summed E-state index contributed by atoms with van der Waals surface area (Å²) in [7, 11) is 0. The highest BCUT2D eigenvalue weighted by Gasteiger charge is 2.46. The van der Waals surface area contributed by atoms with E-state index in [0.29, 0.717) is 12.0 Å². The molecule has 13 heteroatoms. The molecule has 2 amide bonds. The molecule has 204 valence electrons. The third-order valence-electron chi connectivity index (χ3n) is 5.93. The second kappa shape index (κ2) is 14.7. The molecular formula is C24H33Cl3N6O4. The van der Waals surface area contributed by atoms with E-state index in [0.717, 1.165) is 16.7 Å². The van der Waals surface area contributed by atoms with Crippen LogP contribution >= 0.6 is 37.2 Å². The number of fused-ring (bicyclic) bond motifs is 1. The molecule has 37 heavy (non-hydrogen) atoms. The second-order valence-electron chi connectivity index (χ2n) is 8.86. The Kier molecular flexibility index (Phi) is 13.6. The number of amides is 2. The smallest absolute Gasteiger partial charge is 0.317 e. The number of hydrogen-bond acceptors (Lipinski definition) is 6. The third kappa shape index (κ3) is 8.57. The van der Waals surface area contributed by atoms with Gasteiger partial charge in [-0.15, -0.1) is 37.2 Å². The van der Waals surface area contributed by atoms with Crippen molar-refractivity contribution in [3.05, 3.63) is 65.0 Å². The quantitative estimate of drug-likeness (QED) is 0.184. The summed E-state index contributed by atoms with van der Waals surface area (Å²) < 4.78 is 0. The van der Waals surface area contributed by atoms with Crippen LogP contribution in [0, 0.1) is 11.3 Å². The first-order valence-electron chi connectivity index (χ1n) is 11.0. The summed E-state index contributed by atoms with van der Waals surface area (Å²) in [6.45, 7) is 3.48. The van der Waals surface area contributed by atoms with Gasteiger partial charge in [0.05, 0.1) is 12.6 Å². The maximum atomic E-state index is 13.5. The van der Waals surface area contributed by atoms with E-state index < -0.39 is 23.5 Å². The van der Waals surface area contributed by atoms with Crippen LogP contribution in [0.2, 0.25) is 0 Å². The lowest BCUT2D eigenvalue weighted by atomic mass is 9.92. The number of benzene rings is 1. The molecule has 1 aliphatic carbocycles. The Labute approximate surface area is 234 Å². The monoisotopic (exact) mass is 574 g/mol. The van der Waals surface area contributed by atoms with E-state index in [2.05, 4.69) is 20.9 Å². The van der Waals surface area contributed by atoms with E-state index >= 15 is 0 Å². The van der Waals surface area contributed by atoms with Gasteiger partial charge < -0.3 is 21.5 Å². The molecule has 0 saturated carbocycles. The van der Waals surface area contributed by atoms with Gasteiger partial charge in [0, 0.05) is 37.3 Å². The second-order valence-corrected chi connectivity index (χ2v) is 8.86. The van der Waals surface area contributed by atoms with Gasteiger partial charge >= 0.3 is 5.97 Å². The fourth-order valence-corrected chi connectivity index (χ4v) is 4.10. The summed E-state index contributed by atoms with van der Waals surface area (Å²) in [4.78, 5) is 41.8. The number of nitrogens with one attached hydrogen (secondary N) is 4. The summed E-state index contributed by atoms with van der Waals surface area (Å²) in [5, 5.41) is 25.1. The van der Waals surface area contributed by atoms with E-state index in [-0.39, 0.29) is 74.4 Å². The van der Waals surface area contributed by atoms with Crippen LogP contribution in [0.25, 0.3) is 0 Å². The number of carbonyl (C=O) groups excluding carboxylic acids is 2. The maximum absolute atomic E-state index is 13.5.